The van der Waals surface area contributed by atoms with E-state index in [9.17, 15) is 4.79 Å². The van der Waals surface area contributed by atoms with Crippen molar-refractivity contribution in [2.45, 2.75) is 38.8 Å². The Balaban J connectivity index is 1.83. The molecule has 0 saturated carbocycles. The lowest BCUT2D eigenvalue weighted by Crippen LogP contribution is -2.36. The van der Waals surface area contributed by atoms with Crippen LogP contribution in [0.2, 0.25) is 0 Å². The monoisotopic (exact) mass is 270 g/mol. The molecule has 1 aromatic rings. The molecule has 0 aromatic carbocycles. The zero-order valence-electron chi connectivity index (χ0n) is 10.8. The van der Waals surface area contributed by atoms with Crippen molar-refractivity contribution in [1.29, 1.82) is 0 Å². The van der Waals surface area contributed by atoms with Gasteiger partial charge in [0.2, 0.25) is 0 Å². The Morgan fingerprint density at radius 1 is 1.61 bits per heavy atom. The van der Waals surface area contributed by atoms with E-state index in [2.05, 4.69) is 14.9 Å². The molecule has 1 aliphatic heterocycles. The number of nitrogens with one attached hydrogen (secondary N) is 1. The Labute approximate surface area is 110 Å². The van der Waals surface area contributed by atoms with Crippen LogP contribution in [0.1, 0.15) is 27.2 Å². The topological polar surface area (TPSA) is 67.3 Å². The molecule has 6 nitrogen and oxygen atoms in total. The molecule has 2 heterocycles. The first kappa shape index (κ1) is 13.1. The number of likely N-dealkylation sites (tertiary alicyclic amines) is 1. The highest BCUT2D eigenvalue weighted by atomic mass is 32.1. The lowest BCUT2D eigenvalue weighted by Gasteiger charge is -2.24. The van der Waals surface area contributed by atoms with Gasteiger partial charge in [0.15, 0.2) is 0 Å². The molecule has 100 valence electrons. The highest BCUT2D eigenvalue weighted by molar-refractivity contribution is 7.09. The summed E-state index contributed by atoms with van der Waals surface area (Å²) in [6, 6.07) is 0.250. The standard InChI is InChI=1S/C11H18N4O2S/c1-11(2,3)17-10(16)15-5-4-8(7-15)13-9-6-12-14-18-9/h6,8,13H,4-5,7H2,1-3H3. The van der Waals surface area contributed by atoms with Crippen LogP contribution in [0.5, 0.6) is 0 Å². The summed E-state index contributed by atoms with van der Waals surface area (Å²) in [4.78, 5) is 13.6. The van der Waals surface area contributed by atoms with Crippen LogP contribution < -0.4 is 5.32 Å². The summed E-state index contributed by atoms with van der Waals surface area (Å²) >= 11 is 1.32. The van der Waals surface area contributed by atoms with E-state index in [0.717, 1.165) is 18.0 Å². The minimum atomic E-state index is -0.440. The first-order chi connectivity index (χ1) is 8.44. The third-order valence-corrected chi connectivity index (χ3v) is 3.14. The maximum absolute atomic E-state index is 11.9. The van der Waals surface area contributed by atoms with Crippen molar-refractivity contribution in [2.75, 3.05) is 18.4 Å². The minimum Gasteiger partial charge on any atom is -0.444 e. The van der Waals surface area contributed by atoms with Crippen LogP contribution in [0, 0.1) is 0 Å². The lowest BCUT2D eigenvalue weighted by molar-refractivity contribution is 0.0293. The average molecular weight is 270 g/mol. The number of aromatic nitrogens is 2. The average Bonchev–Trinajstić information content (AvgIpc) is 2.86. The molecule has 0 aliphatic carbocycles. The van der Waals surface area contributed by atoms with E-state index in [1.165, 1.54) is 11.5 Å². The van der Waals surface area contributed by atoms with E-state index < -0.39 is 5.60 Å². The second-order valence-corrected chi connectivity index (χ2v) is 6.12. The largest absolute Gasteiger partial charge is 0.444 e. The van der Waals surface area contributed by atoms with Gasteiger partial charge in [-0.15, -0.1) is 5.10 Å². The summed E-state index contributed by atoms with van der Waals surface area (Å²) in [6.45, 7) is 7.00. The highest BCUT2D eigenvalue weighted by Gasteiger charge is 2.29. The molecule has 7 heteroatoms. The Bertz CT molecular complexity index is 402. The Morgan fingerprint density at radius 2 is 2.39 bits per heavy atom. The summed E-state index contributed by atoms with van der Waals surface area (Å²) < 4.78 is 9.13. The second kappa shape index (κ2) is 5.09. The third kappa shape index (κ3) is 3.56. The number of amides is 1. The first-order valence-corrected chi connectivity index (χ1v) is 6.73. The Kier molecular flexibility index (Phi) is 3.70. The van der Waals surface area contributed by atoms with Crippen molar-refractivity contribution in [3.8, 4) is 0 Å². The van der Waals surface area contributed by atoms with Crippen LogP contribution in [0.4, 0.5) is 9.80 Å². The van der Waals surface area contributed by atoms with Crippen LogP contribution in [-0.2, 0) is 4.74 Å². The molecule has 1 unspecified atom stereocenters. The van der Waals surface area contributed by atoms with Crippen molar-refractivity contribution < 1.29 is 9.53 Å². The van der Waals surface area contributed by atoms with Gasteiger partial charge in [0, 0.05) is 30.7 Å². The fourth-order valence-corrected chi connectivity index (χ4v) is 2.30. The maximum atomic E-state index is 11.9. The van der Waals surface area contributed by atoms with Gasteiger partial charge in [0.1, 0.15) is 10.6 Å². The number of hydrogen-bond donors (Lipinski definition) is 1. The van der Waals surface area contributed by atoms with E-state index in [4.69, 9.17) is 4.74 Å². The number of nitrogens with zero attached hydrogens (tertiary/aromatic N) is 3. The van der Waals surface area contributed by atoms with Crippen molar-refractivity contribution in [3.05, 3.63) is 6.20 Å². The van der Waals surface area contributed by atoms with Gasteiger partial charge in [-0.05, 0) is 27.2 Å². The maximum Gasteiger partial charge on any atom is 0.410 e. The molecule has 2 rings (SSSR count). The molecular weight excluding hydrogens is 252 g/mol. The van der Waals surface area contributed by atoms with E-state index in [0.29, 0.717) is 6.54 Å². The number of ether oxygens (including phenoxy) is 1. The van der Waals surface area contributed by atoms with Crippen LogP contribution in [-0.4, -0.2) is 45.3 Å². The number of anilines is 1. The zero-order chi connectivity index (χ0) is 13.2. The summed E-state index contributed by atoms with van der Waals surface area (Å²) in [5, 5.41) is 8.02. The van der Waals surface area contributed by atoms with Gasteiger partial charge in [-0.25, -0.2) is 4.79 Å². The zero-order valence-corrected chi connectivity index (χ0v) is 11.7. The molecule has 1 atom stereocenters. The summed E-state index contributed by atoms with van der Waals surface area (Å²) in [5.74, 6) is 0. The number of carbonyl (C=O) groups is 1. The van der Waals surface area contributed by atoms with Gasteiger partial charge < -0.3 is 15.0 Å². The van der Waals surface area contributed by atoms with Crippen LogP contribution >= 0.6 is 11.5 Å². The predicted octanol–water partition coefficient (Wildman–Crippen LogP) is 1.96. The predicted molar refractivity (Wildman–Crippen MR) is 69.7 cm³/mol. The summed E-state index contributed by atoms with van der Waals surface area (Å²) in [7, 11) is 0. The fraction of sp³-hybridized carbons (Fsp3) is 0.727. The third-order valence-electron chi connectivity index (χ3n) is 2.55. The SMILES string of the molecule is CC(C)(C)OC(=O)N1CCC(Nc2cnns2)C1. The molecule has 1 saturated heterocycles. The molecule has 0 radical (unpaired) electrons. The van der Waals surface area contributed by atoms with E-state index in [1.54, 1.807) is 11.1 Å². The fourth-order valence-electron chi connectivity index (χ4n) is 1.80. The highest BCUT2D eigenvalue weighted by Crippen LogP contribution is 2.19. The van der Waals surface area contributed by atoms with Gasteiger partial charge in [0.05, 0.1) is 6.20 Å². The molecule has 0 bridgehead atoms. The quantitative estimate of drug-likeness (QED) is 0.889. The Morgan fingerprint density at radius 3 is 3.00 bits per heavy atom. The van der Waals surface area contributed by atoms with Crippen molar-refractivity contribution in [2.24, 2.45) is 0 Å². The van der Waals surface area contributed by atoms with Crippen LogP contribution in [0.25, 0.3) is 0 Å². The van der Waals surface area contributed by atoms with Crippen molar-refractivity contribution in [3.63, 3.8) is 0 Å². The summed E-state index contributed by atoms with van der Waals surface area (Å²) in [6.07, 6.45) is 2.37. The molecule has 1 aromatic heterocycles. The van der Waals surface area contributed by atoms with E-state index in [1.807, 2.05) is 20.8 Å². The number of hydrogen-bond acceptors (Lipinski definition) is 6. The normalized spacial score (nSPS) is 19.9. The molecule has 1 fully saturated rings. The first-order valence-electron chi connectivity index (χ1n) is 5.96. The van der Waals surface area contributed by atoms with Crippen LogP contribution in [0.15, 0.2) is 6.20 Å². The van der Waals surface area contributed by atoms with E-state index in [-0.39, 0.29) is 12.1 Å². The van der Waals surface area contributed by atoms with Gasteiger partial charge in [-0.1, -0.05) is 4.49 Å². The van der Waals surface area contributed by atoms with Gasteiger partial charge >= 0.3 is 6.09 Å². The van der Waals surface area contributed by atoms with Gasteiger partial charge in [0.25, 0.3) is 0 Å². The van der Waals surface area contributed by atoms with Crippen molar-refractivity contribution in [1.82, 2.24) is 14.5 Å². The lowest BCUT2D eigenvalue weighted by atomic mass is 10.2. The van der Waals surface area contributed by atoms with E-state index >= 15 is 0 Å². The van der Waals surface area contributed by atoms with Gasteiger partial charge in [-0.3, -0.25) is 0 Å². The Hall–Kier alpha value is -1.37. The molecule has 1 N–H and O–H groups in total. The molecule has 1 amide bonds. The second-order valence-electron chi connectivity index (χ2n) is 5.34. The number of carbonyl (C=O) groups excluding carboxylic acids is 1. The van der Waals surface area contributed by atoms with Crippen molar-refractivity contribution >= 4 is 22.6 Å². The summed E-state index contributed by atoms with van der Waals surface area (Å²) in [5.41, 5.74) is -0.440. The molecule has 18 heavy (non-hydrogen) atoms. The molecule has 0 spiro atoms. The minimum absolute atomic E-state index is 0.241. The smallest absolute Gasteiger partial charge is 0.410 e. The van der Waals surface area contributed by atoms with Crippen LogP contribution in [0.3, 0.4) is 0 Å². The number of rotatable bonds is 2. The molecular formula is C11H18N4O2S. The molecule has 1 aliphatic rings. The van der Waals surface area contributed by atoms with Gasteiger partial charge in [-0.2, -0.15) is 0 Å².